The van der Waals surface area contributed by atoms with E-state index in [1.54, 1.807) is 0 Å². The average Bonchev–Trinajstić information content (AvgIpc) is 3.55. The fourth-order valence-electron chi connectivity index (χ4n) is 4.81. The summed E-state index contributed by atoms with van der Waals surface area (Å²) in [6.45, 7) is 4.54. The zero-order valence-electron chi connectivity index (χ0n) is 19.6. The number of nitrogens with zero attached hydrogens (tertiary/aromatic N) is 5. The molecule has 6 rings (SSSR count). The summed E-state index contributed by atoms with van der Waals surface area (Å²) in [6, 6.07) is 10.2. The molecule has 0 unspecified atom stereocenters. The molecule has 2 aromatic heterocycles. The molecule has 178 valence electrons. The van der Waals surface area contributed by atoms with Gasteiger partial charge < -0.3 is 29.7 Å². The smallest absolute Gasteiger partial charge is 0.209 e. The summed E-state index contributed by atoms with van der Waals surface area (Å²) in [7, 11) is 1.93. The molecule has 0 bridgehead atoms. The van der Waals surface area contributed by atoms with E-state index in [0.717, 1.165) is 43.4 Å². The minimum atomic E-state index is 0.173. The van der Waals surface area contributed by atoms with E-state index in [-0.39, 0.29) is 6.04 Å². The zero-order chi connectivity index (χ0) is 23.8. The van der Waals surface area contributed by atoms with Crippen LogP contribution >= 0.6 is 0 Å². The highest BCUT2D eigenvalue weighted by atomic mass is 16.5. The van der Waals surface area contributed by atoms with E-state index in [2.05, 4.69) is 27.0 Å². The second-order valence-corrected chi connectivity index (χ2v) is 9.30. The first-order valence-electron chi connectivity index (χ1n) is 11.9. The molecule has 1 aromatic carbocycles. The number of hydrogen-bond acceptors (Lipinski definition) is 8. The first kappa shape index (κ1) is 21.8. The molecule has 2 N–H and O–H groups in total. The number of rotatable bonds is 5. The molecule has 9 heteroatoms. The number of imidazole rings is 1. The van der Waals surface area contributed by atoms with Crippen LogP contribution in [0.2, 0.25) is 0 Å². The van der Waals surface area contributed by atoms with Crippen molar-refractivity contribution in [2.45, 2.75) is 6.04 Å². The fraction of sp³-hybridized carbons (Fsp3) is 0.385. The van der Waals surface area contributed by atoms with Gasteiger partial charge in [0.05, 0.1) is 43.7 Å². The molecular weight excluding hydrogens is 442 g/mol. The molecule has 5 heterocycles. The number of anilines is 2. The van der Waals surface area contributed by atoms with Crippen molar-refractivity contribution in [2.24, 2.45) is 18.9 Å². The minimum absolute atomic E-state index is 0.173. The van der Waals surface area contributed by atoms with Gasteiger partial charge in [-0.05, 0) is 11.8 Å². The zero-order valence-corrected chi connectivity index (χ0v) is 19.6. The van der Waals surface area contributed by atoms with Gasteiger partial charge in [-0.2, -0.15) is 0 Å². The summed E-state index contributed by atoms with van der Waals surface area (Å²) >= 11 is 0. The van der Waals surface area contributed by atoms with Crippen LogP contribution in [-0.2, 0) is 16.5 Å². The molecule has 0 spiro atoms. The van der Waals surface area contributed by atoms with Gasteiger partial charge in [0, 0.05) is 49.9 Å². The summed E-state index contributed by atoms with van der Waals surface area (Å²) in [5.41, 5.74) is 2.60. The molecule has 3 fully saturated rings. The highest BCUT2D eigenvalue weighted by Gasteiger charge is 2.38. The standard InChI is InChI=1S/C26H27N7O2/c1-32-12-22(17-5-3-2-4-6-17)29-24(32)8-7-23-30-25(28-20-15-35-16-20)21(9-27)26(31-23)33-10-18-13-34-14-19(18)11-33/h2-6,9,12,18-20,27H,10-11,13-16H2,1H3,(H,28,30,31)/t18-,19+. The second-order valence-electron chi connectivity index (χ2n) is 9.30. The Labute approximate surface area is 204 Å². The Morgan fingerprint density at radius 3 is 2.43 bits per heavy atom. The van der Waals surface area contributed by atoms with E-state index >= 15 is 0 Å². The molecule has 2 atom stereocenters. The molecule has 9 nitrogen and oxygen atoms in total. The highest BCUT2D eigenvalue weighted by Crippen LogP contribution is 2.34. The predicted octanol–water partition coefficient (Wildman–Crippen LogP) is 2.17. The number of aromatic nitrogens is 4. The monoisotopic (exact) mass is 469 g/mol. The van der Waals surface area contributed by atoms with Crippen LogP contribution in [0.5, 0.6) is 0 Å². The van der Waals surface area contributed by atoms with E-state index in [4.69, 9.17) is 24.9 Å². The maximum atomic E-state index is 8.11. The van der Waals surface area contributed by atoms with Crippen molar-refractivity contribution in [3.63, 3.8) is 0 Å². The molecule has 0 aliphatic carbocycles. The number of ether oxygens (including phenoxy) is 2. The van der Waals surface area contributed by atoms with Gasteiger partial charge in [0.2, 0.25) is 5.82 Å². The lowest BCUT2D eigenvalue weighted by atomic mass is 10.0. The van der Waals surface area contributed by atoms with E-state index in [9.17, 15) is 0 Å². The molecule has 0 amide bonds. The molecular formula is C26H27N7O2. The molecule has 3 aliphatic heterocycles. The number of hydrogen-bond donors (Lipinski definition) is 2. The van der Waals surface area contributed by atoms with Gasteiger partial charge in [-0.3, -0.25) is 0 Å². The molecule has 35 heavy (non-hydrogen) atoms. The summed E-state index contributed by atoms with van der Waals surface area (Å²) < 4.78 is 12.9. The lowest BCUT2D eigenvalue weighted by molar-refractivity contribution is 0.0209. The highest BCUT2D eigenvalue weighted by molar-refractivity contribution is 5.91. The van der Waals surface area contributed by atoms with Crippen LogP contribution in [0.4, 0.5) is 11.6 Å². The summed E-state index contributed by atoms with van der Waals surface area (Å²) in [6.07, 6.45) is 3.31. The van der Waals surface area contributed by atoms with Crippen molar-refractivity contribution >= 4 is 17.9 Å². The second kappa shape index (κ2) is 9.13. The third kappa shape index (κ3) is 4.27. The lowest BCUT2D eigenvalue weighted by Gasteiger charge is -2.29. The van der Waals surface area contributed by atoms with Crippen LogP contribution in [0.1, 0.15) is 17.2 Å². The maximum absolute atomic E-state index is 8.11. The molecule has 3 aliphatic rings. The van der Waals surface area contributed by atoms with Gasteiger partial charge in [0.25, 0.3) is 0 Å². The molecule has 0 radical (unpaired) electrons. The van der Waals surface area contributed by atoms with Crippen molar-refractivity contribution in [2.75, 3.05) is 49.7 Å². The quantitative estimate of drug-likeness (QED) is 0.436. The van der Waals surface area contributed by atoms with Crippen LogP contribution in [0, 0.1) is 29.1 Å². The third-order valence-electron chi connectivity index (χ3n) is 6.82. The number of fused-ring (bicyclic) bond motifs is 1. The Morgan fingerprint density at radius 2 is 1.74 bits per heavy atom. The topological polar surface area (TPSA) is 101 Å². The summed E-state index contributed by atoms with van der Waals surface area (Å²) in [5, 5.41) is 11.5. The Bertz CT molecular complexity index is 1290. The number of benzene rings is 1. The molecule has 0 saturated carbocycles. The predicted molar refractivity (Wildman–Crippen MR) is 133 cm³/mol. The largest absolute Gasteiger partial charge is 0.381 e. The number of nitrogens with one attached hydrogen (secondary N) is 2. The molecule has 3 saturated heterocycles. The Hall–Kier alpha value is -3.74. The van der Waals surface area contributed by atoms with Gasteiger partial charge in [0.15, 0.2) is 5.82 Å². The van der Waals surface area contributed by atoms with E-state index in [1.165, 1.54) is 6.21 Å². The summed E-state index contributed by atoms with van der Waals surface area (Å²) in [5.74, 6) is 9.70. The van der Waals surface area contributed by atoms with Crippen molar-refractivity contribution in [1.82, 2.24) is 19.5 Å². The van der Waals surface area contributed by atoms with E-state index < -0.39 is 0 Å². The Morgan fingerprint density at radius 1 is 1.00 bits per heavy atom. The minimum Gasteiger partial charge on any atom is -0.381 e. The van der Waals surface area contributed by atoms with Gasteiger partial charge >= 0.3 is 0 Å². The van der Waals surface area contributed by atoms with Crippen LogP contribution < -0.4 is 10.2 Å². The molecule has 3 aromatic rings. The van der Waals surface area contributed by atoms with Crippen molar-refractivity contribution in [3.8, 4) is 23.1 Å². The van der Waals surface area contributed by atoms with Gasteiger partial charge in [-0.1, -0.05) is 30.3 Å². The normalized spacial score (nSPS) is 21.2. The first-order valence-corrected chi connectivity index (χ1v) is 11.9. The van der Waals surface area contributed by atoms with Gasteiger partial charge in [-0.15, -0.1) is 0 Å². The fourth-order valence-corrected chi connectivity index (χ4v) is 4.81. The van der Waals surface area contributed by atoms with Crippen molar-refractivity contribution < 1.29 is 9.47 Å². The average molecular weight is 470 g/mol. The maximum Gasteiger partial charge on any atom is 0.209 e. The van der Waals surface area contributed by atoms with Crippen LogP contribution in [0.25, 0.3) is 11.3 Å². The van der Waals surface area contributed by atoms with E-state index in [0.29, 0.717) is 48.1 Å². The Balaban J connectivity index is 1.35. The van der Waals surface area contributed by atoms with Gasteiger partial charge in [0.1, 0.15) is 11.6 Å². The Kier molecular flexibility index (Phi) is 5.68. The van der Waals surface area contributed by atoms with Crippen LogP contribution in [-0.4, -0.2) is 71.3 Å². The van der Waals surface area contributed by atoms with E-state index in [1.807, 2.05) is 48.1 Å². The van der Waals surface area contributed by atoms with Crippen LogP contribution in [0.3, 0.4) is 0 Å². The third-order valence-corrected chi connectivity index (χ3v) is 6.82. The number of aryl methyl sites for hydroxylation is 1. The SMILES string of the molecule is Cn1cc(-c2ccccc2)nc1C#Cc1nc(NC2COC2)c(C=N)c(N2C[C@H]3COC[C@H]3C2)n1. The van der Waals surface area contributed by atoms with Gasteiger partial charge in [-0.25, -0.2) is 15.0 Å². The van der Waals surface area contributed by atoms with Crippen molar-refractivity contribution in [3.05, 3.63) is 53.7 Å². The van der Waals surface area contributed by atoms with Crippen LogP contribution in [0.15, 0.2) is 36.5 Å². The first-order chi connectivity index (χ1) is 17.2. The van der Waals surface area contributed by atoms with Crippen molar-refractivity contribution in [1.29, 1.82) is 5.41 Å². The summed E-state index contributed by atoms with van der Waals surface area (Å²) in [4.78, 5) is 16.5. The lowest BCUT2D eigenvalue weighted by Crippen LogP contribution is -2.41.